The maximum Gasteiger partial charge on any atom is 0.143 e. The molecule has 2 aliphatic rings. The van der Waals surface area contributed by atoms with Gasteiger partial charge in [0, 0.05) is 44.1 Å². The number of hydrogen-bond donors (Lipinski definition) is 0. The topological polar surface area (TPSA) is 16.4 Å². The molecule has 0 unspecified atom stereocenters. The van der Waals surface area contributed by atoms with Gasteiger partial charge in [-0.1, -0.05) is 149 Å². The van der Waals surface area contributed by atoms with Crippen molar-refractivity contribution >= 4 is 39.0 Å². The number of hydrogen-bond acceptors (Lipinski definition) is 2. The molecular weight excluding hydrogens is 703 g/mol. The van der Waals surface area contributed by atoms with Crippen molar-refractivity contribution in [1.29, 1.82) is 0 Å². The standard InChI is InChI=1S/C56H45NO/c1-34-15-13-16-35(2)53(34)46-31-36(39-20-14-21-45-44-19-9-12-24-52(44)58-54(39)45)25-30-51(46)57(37-26-28-42-40-17-7-10-22-47(40)55(3,4)49(42)32-37)38-27-29-43-41-18-8-11-23-48(41)56(5,6)50(43)33-38/h7-33H,1-6H3. The van der Waals surface area contributed by atoms with E-state index in [9.17, 15) is 0 Å². The highest BCUT2D eigenvalue weighted by Gasteiger charge is 2.38. The van der Waals surface area contributed by atoms with E-state index in [0.717, 1.165) is 50.1 Å². The van der Waals surface area contributed by atoms with E-state index in [1.54, 1.807) is 0 Å². The van der Waals surface area contributed by atoms with E-state index in [1.807, 2.05) is 6.07 Å². The molecule has 0 aliphatic heterocycles. The van der Waals surface area contributed by atoms with E-state index < -0.39 is 0 Å². The maximum atomic E-state index is 6.61. The van der Waals surface area contributed by atoms with Crippen LogP contribution in [0.5, 0.6) is 0 Å². The van der Waals surface area contributed by atoms with Gasteiger partial charge in [0.25, 0.3) is 0 Å². The fraction of sp³-hybridized carbons (Fsp3) is 0.143. The second kappa shape index (κ2) is 12.4. The van der Waals surface area contributed by atoms with Crippen LogP contribution in [0.2, 0.25) is 0 Å². The third-order valence-electron chi connectivity index (χ3n) is 13.4. The minimum Gasteiger partial charge on any atom is -0.455 e. The molecule has 0 saturated heterocycles. The summed E-state index contributed by atoms with van der Waals surface area (Å²) in [5.74, 6) is 0. The third kappa shape index (κ3) is 4.91. The van der Waals surface area contributed by atoms with Crippen LogP contribution in [0.3, 0.4) is 0 Å². The molecule has 280 valence electrons. The molecule has 0 saturated carbocycles. The molecule has 0 atom stereocenters. The Morgan fingerprint density at radius 1 is 0.414 bits per heavy atom. The number of anilines is 3. The van der Waals surface area contributed by atoms with Gasteiger partial charge in [-0.15, -0.1) is 0 Å². The Labute approximate surface area is 341 Å². The van der Waals surface area contributed by atoms with Crippen LogP contribution in [0, 0.1) is 13.8 Å². The maximum absolute atomic E-state index is 6.61. The van der Waals surface area contributed by atoms with Gasteiger partial charge < -0.3 is 9.32 Å². The fourth-order valence-corrected chi connectivity index (χ4v) is 10.4. The van der Waals surface area contributed by atoms with Crippen LogP contribution in [0.25, 0.3) is 66.4 Å². The van der Waals surface area contributed by atoms with Gasteiger partial charge in [0.05, 0.1) is 5.69 Å². The van der Waals surface area contributed by atoms with E-state index >= 15 is 0 Å². The van der Waals surface area contributed by atoms with Crippen molar-refractivity contribution in [3.63, 3.8) is 0 Å². The second-order valence-electron chi connectivity index (χ2n) is 17.4. The zero-order chi connectivity index (χ0) is 39.5. The minimum absolute atomic E-state index is 0.139. The third-order valence-corrected chi connectivity index (χ3v) is 13.4. The summed E-state index contributed by atoms with van der Waals surface area (Å²) in [6.07, 6.45) is 0. The highest BCUT2D eigenvalue weighted by Crippen LogP contribution is 2.54. The molecule has 0 radical (unpaired) electrons. The molecule has 58 heavy (non-hydrogen) atoms. The first-order chi connectivity index (χ1) is 28.1. The van der Waals surface area contributed by atoms with Crippen LogP contribution >= 0.6 is 0 Å². The van der Waals surface area contributed by atoms with Gasteiger partial charge in [-0.3, -0.25) is 0 Å². The van der Waals surface area contributed by atoms with Crippen molar-refractivity contribution < 1.29 is 4.42 Å². The Morgan fingerprint density at radius 2 is 0.931 bits per heavy atom. The lowest BCUT2D eigenvalue weighted by molar-refractivity contribution is 0.660. The molecule has 0 amide bonds. The van der Waals surface area contributed by atoms with Gasteiger partial charge in [0.15, 0.2) is 0 Å². The quantitative estimate of drug-likeness (QED) is 0.174. The molecule has 2 nitrogen and oxygen atoms in total. The first kappa shape index (κ1) is 34.6. The highest BCUT2D eigenvalue weighted by atomic mass is 16.3. The summed E-state index contributed by atoms with van der Waals surface area (Å²) in [7, 11) is 0. The number of nitrogens with zero attached hydrogens (tertiary/aromatic N) is 1. The predicted octanol–water partition coefficient (Wildman–Crippen LogP) is 15.6. The number of fused-ring (bicyclic) bond motifs is 9. The molecule has 2 heteroatoms. The van der Waals surface area contributed by atoms with E-state index in [4.69, 9.17) is 4.42 Å². The number of aryl methyl sites for hydroxylation is 2. The Balaban J connectivity index is 1.18. The largest absolute Gasteiger partial charge is 0.455 e. The zero-order valence-electron chi connectivity index (χ0n) is 33.9. The summed E-state index contributed by atoms with van der Waals surface area (Å²) >= 11 is 0. The number of furan rings is 1. The average Bonchev–Trinajstić information content (AvgIpc) is 3.81. The fourth-order valence-electron chi connectivity index (χ4n) is 10.4. The summed E-state index contributed by atoms with van der Waals surface area (Å²) in [6.45, 7) is 14.0. The lowest BCUT2D eigenvalue weighted by Gasteiger charge is -2.32. The number of para-hydroxylation sites is 2. The molecule has 11 rings (SSSR count). The predicted molar refractivity (Wildman–Crippen MR) is 244 cm³/mol. The van der Waals surface area contributed by atoms with Gasteiger partial charge in [-0.2, -0.15) is 0 Å². The normalized spacial score (nSPS) is 14.3. The monoisotopic (exact) mass is 747 g/mol. The van der Waals surface area contributed by atoms with Crippen molar-refractivity contribution in [3.05, 3.63) is 197 Å². The lowest BCUT2D eigenvalue weighted by Crippen LogP contribution is -2.18. The molecule has 2 aliphatic carbocycles. The minimum atomic E-state index is -0.139. The Morgan fingerprint density at radius 3 is 1.57 bits per heavy atom. The molecule has 0 spiro atoms. The van der Waals surface area contributed by atoms with E-state index in [0.29, 0.717) is 0 Å². The van der Waals surface area contributed by atoms with Crippen LogP contribution in [-0.4, -0.2) is 0 Å². The van der Waals surface area contributed by atoms with Crippen LogP contribution in [0.4, 0.5) is 17.1 Å². The summed E-state index contributed by atoms with van der Waals surface area (Å²) < 4.78 is 6.61. The van der Waals surface area contributed by atoms with Crippen LogP contribution in [0.1, 0.15) is 61.1 Å². The van der Waals surface area contributed by atoms with Crippen molar-refractivity contribution in [2.45, 2.75) is 52.4 Å². The number of rotatable bonds is 5. The SMILES string of the molecule is Cc1cccc(C)c1-c1cc(-c2cccc3c2oc2ccccc23)ccc1N(c1ccc2c(c1)C(C)(C)c1ccccc1-2)c1ccc2c(c1)C(C)(C)c1ccccc1-2. The van der Waals surface area contributed by atoms with Gasteiger partial charge in [-0.25, -0.2) is 0 Å². The lowest BCUT2D eigenvalue weighted by atomic mass is 9.82. The van der Waals surface area contributed by atoms with Gasteiger partial charge >= 0.3 is 0 Å². The Hall–Kier alpha value is -6.64. The van der Waals surface area contributed by atoms with Crippen LogP contribution < -0.4 is 4.90 Å². The van der Waals surface area contributed by atoms with Crippen molar-refractivity contribution in [1.82, 2.24) is 0 Å². The van der Waals surface area contributed by atoms with Crippen molar-refractivity contribution in [2.24, 2.45) is 0 Å². The molecule has 8 aromatic carbocycles. The van der Waals surface area contributed by atoms with Crippen molar-refractivity contribution in [3.8, 4) is 44.5 Å². The van der Waals surface area contributed by atoms with E-state index in [1.165, 1.54) is 66.8 Å². The van der Waals surface area contributed by atoms with E-state index in [2.05, 4.69) is 204 Å². The first-order valence-electron chi connectivity index (χ1n) is 20.5. The Bertz CT molecular complexity index is 3030. The van der Waals surface area contributed by atoms with Crippen LogP contribution in [0.15, 0.2) is 168 Å². The molecule has 1 aromatic heterocycles. The smallest absolute Gasteiger partial charge is 0.143 e. The molecule has 0 fully saturated rings. The molecule has 0 bridgehead atoms. The first-order valence-corrected chi connectivity index (χ1v) is 20.5. The Kier molecular flexibility index (Phi) is 7.41. The average molecular weight is 748 g/mol. The molecule has 0 N–H and O–H groups in total. The van der Waals surface area contributed by atoms with Crippen LogP contribution in [-0.2, 0) is 10.8 Å². The summed E-state index contributed by atoms with van der Waals surface area (Å²) in [4.78, 5) is 2.52. The summed E-state index contributed by atoms with van der Waals surface area (Å²) in [6, 6.07) is 60.7. The van der Waals surface area contributed by atoms with Gasteiger partial charge in [-0.05, 0) is 123 Å². The van der Waals surface area contributed by atoms with E-state index in [-0.39, 0.29) is 10.8 Å². The van der Waals surface area contributed by atoms with Gasteiger partial charge in [0.2, 0.25) is 0 Å². The molecule has 1 heterocycles. The summed E-state index contributed by atoms with van der Waals surface area (Å²) in [5.41, 5.74) is 22.9. The van der Waals surface area contributed by atoms with Crippen molar-refractivity contribution in [2.75, 3.05) is 4.90 Å². The molecular formula is C56H45NO. The second-order valence-corrected chi connectivity index (χ2v) is 17.4. The zero-order valence-corrected chi connectivity index (χ0v) is 33.9. The molecule has 9 aromatic rings. The van der Waals surface area contributed by atoms with Gasteiger partial charge in [0.1, 0.15) is 11.2 Å². The number of benzene rings is 8. The summed E-state index contributed by atoms with van der Waals surface area (Å²) in [5, 5.41) is 2.27. The highest BCUT2D eigenvalue weighted by molar-refractivity contribution is 6.10.